The number of pyridine rings is 4. The Morgan fingerprint density at radius 2 is 0.629 bits per heavy atom. The first kappa shape index (κ1) is 39.9. The molecule has 12 bridgehead atoms. The lowest BCUT2D eigenvalue weighted by Gasteiger charge is -2.09. The van der Waals surface area contributed by atoms with E-state index in [2.05, 4.69) is 176 Å². The zero-order chi connectivity index (χ0) is 42.4. The van der Waals surface area contributed by atoms with E-state index < -0.39 is 12.6 Å². The van der Waals surface area contributed by atoms with Crippen LogP contribution in [0, 0.1) is 23.7 Å². The lowest BCUT2D eigenvalue weighted by molar-refractivity contribution is -0.689. The third-order valence-electron chi connectivity index (χ3n) is 11.1. The third-order valence-corrected chi connectivity index (χ3v) is 11.1. The smallest absolute Gasteiger partial charge is 0.178 e. The van der Waals surface area contributed by atoms with E-state index in [9.17, 15) is 20.4 Å². The fourth-order valence-corrected chi connectivity index (χ4v) is 7.53. The Hall–Kier alpha value is -7.56. The van der Waals surface area contributed by atoms with Gasteiger partial charge in [0, 0.05) is 104 Å². The predicted octanol–water partition coefficient (Wildman–Crippen LogP) is 5.44. The SMILES string of the molecule is OC(O)c1ccc(C#Cc2cc3c(C#Cc4ccc(C(O)O)cc4)cc2C[n+]2ccc(cc2)-c2cc[n+](cc2)Cc2ccc(cc2)C[n+]2ccc(cc2)-c2cc[n+](cc2)C3)cc1. The zero-order valence-corrected chi connectivity index (χ0v) is 33.9. The summed E-state index contributed by atoms with van der Waals surface area (Å²) in [6.45, 7) is 2.62. The second-order valence-electron chi connectivity index (χ2n) is 15.5. The van der Waals surface area contributed by atoms with Crippen molar-refractivity contribution >= 4 is 0 Å². The highest BCUT2D eigenvalue weighted by atomic mass is 16.5. The van der Waals surface area contributed by atoms with Crippen molar-refractivity contribution in [2.45, 2.75) is 38.8 Å². The van der Waals surface area contributed by atoms with E-state index in [0.717, 1.165) is 68.7 Å². The number of aliphatic hydroxyl groups is 4. The van der Waals surface area contributed by atoms with Crippen LogP contribution in [0.5, 0.6) is 0 Å². The van der Waals surface area contributed by atoms with E-state index >= 15 is 0 Å². The van der Waals surface area contributed by atoms with Gasteiger partial charge in [-0.25, -0.2) is 18.3 Å². The van der Waals surface area contributed by atoms with Gasteiger partial charge < -0.3 is 20.4 Å². The molecule has 16 aliphatic rings. The van der Waals surface area contributed by atoms with E-state index in [0.29, 0.717) is 24.2 Å². The number of benzene rings is 4. The van der Waals surface area contributed by atoms with Crippen LogP contribution in [0.2, 0.25) is 0 Å². The number of aromatic nitrogens is 4. The van der Waals surface area contributed by atoms with Crippen molar-refractivity contribution in [1.82, 2.24) is 0 Å². The van der Waals surface area contributed by atoms with Gasteiger partial charge in [-0.05, 0) is 58.7 Å². The number of rotatable bonds is 2. The van der Waals surface area contributed by atoms with Crippen LogP contribution in [-0.4, -0.2) is 20.4 Å². The van der Waals surface area contributed by atoms with Crippen LogP contribution < -0.4 is 18.3 Å². The molecule has 4 aromatic heterocycles. The number of aliphatic hydroxyl groups excluding tert-OH is 2. The summed E-state index contributed by atoms with van der Waals surface area (Å²) in [6, 6.07) is 44.0. The van der Waals surface area contributed by atoms with Crippen LogP contribution in [-0.2, 0) is 26.2 Å². The quantitative estimate of drug-likeness (QED) is 0.106. The monoisotopic (exact) mass is 812 g/mol. The summed E-state index contributed by atoms with van der Waals surface area (Å²) < 4.78 is 8.66. The van der Waals surface area contributed by atoms with E-state index in [1.807, 2.05) is 0 Å². The predicted molar refractivity (Wildman–Crippen MR) is 233 cm³/mol. The minimum atomic E-state index is -1.55. The molecule has 0 radical (unpaired) electrons. The topological polar surface area (TPSA) is 96.4 Å². The molecule has 24 rings (SSSR count). The molecule has 0 spiro atoms. The molecule has 4 N–H and O–H groups in total. The molecular formula is C54H44N4O4+4. The fraction of sp³-hybridized carbons (Fsp3) is 0.111. The second-order valence-corrected chi connectivity index (χ2v) is 15.5. The summed E-state index contributed by atoms with van der Waals surface area (Å²) in [6.07, 6.45) is 13.7. The maximum absolute atomic E-state index is 9.64. The molecule has 4 aromatic carbocycles. The molecule has 0 atom stereocenters. The first-order valence-electron chi connectivity index (χ1n) is 20.4. The van der Waals surface area contributed by atoms with Gasteiger partial charge in [-0.15, -0.1) is 0 Å². The van der Waals surface area contributed by atoms with Gasteiger partial charge in [0.15, 0.2) is 88.3 Å². The van der Waals surface area contributed by atoms with Gasteiger partial charge in [-0.1, -0.05) is 72.2 Å². The minimum Gasteiger partial charge on any atom is -0.364 e. The molecule has 0 saturated carbocycles. The van der Waals surface area contributed by atoms with Crippen molar-refractivity contribution in [2.75, 3.05) is 0 Å². The van der Waals surface area contributed by atoms with Crippen molar-refractivity contribution in [3.63, 3.8) is 0 Å². The van der Waals surface area contributed by atoms with Gasteiger partial charge in [0.25, 0.3) is 0 Å². The zero-order valence-electron chi connectivity index (χ0n) is 33.9. The number of hydrogen-bond acceptors (Lipinski definition) is 4. The average molecular weight is 813 g/mol. The van der Waals surface area contributed by atoms with E-state index in [1.165, 1.54) is 11.1 Å². The highest BCUT2D eigenvalue weighted by Gasteiger charge is 2.17. The summed E-state index contributed by atoms with van der Waals surface area (Å²) in [5.41, 5.74) is 12.9. The Morgan fingerprint density at radius 3 is 0.919 bits per heavy atom. The first-order chi connectivity index (χ1) is 30.3. The van der Waals surface area contributed by atoms with Crippen molar-refractivity contribution in [3.05, 3.63) is 239 Å². The standard InChI is InChI=1S/C54H44N4O4/c59-53(60)47-11-5-39(6-12-47)9-15-49-34-52-38-58-31-23-46(24-32-58)44-19-27-56(28-20-44)36-42-2-1-41(3-4-42)35-55-25-17-43(18-26-55)45-21-29-57(30-22-45)37-51(49)33-50(52)16-10-40-7-13-48(14-8-40)54(61)62/h1-8,11-14,17-34,53-54,59-62H,35-38H2/q+4. The van der Waals surface area contributed by atoms with Crippen LogP contribution in [0.1, 0.15) is 68.2 Å². The summed E-state index contributed by atoms with van der Waals surface area (Å²) in [5, 5.41) is 38.6. The lowest BCUT2D eigenvalue weighted by atomic mass is 9.97. The lowest BCUT2D eigenvalue weighted by Crippen LogP contribution is -2.35. The van der Waals surface area contributed by atoms with Crippen molar-refractivity contribution in [1.29, 1.82) is 0 Å². The highest BCUT2D eigenvalue weighted by Crippen LogP contribution is 2.21. The van der Waals surface area contributed by atoms with Gasteiger partial charge in [0.05, 0.1) is 0 Å². The van der Waals surface area contributed by atoms with E-state index in [1.54, 1.807) is 48.5 Å². The Kier molecular flexibility index (Phi) is 11.6. The number of nitrogens with zero attached hydrogens (tertiary/aromatic N) is 4. The van der Waals surface area contributed by atoms with Gasteiger partial charge in [0.1, 0.15) is 0 Å². The molecular weight excluding hydrogens is 769 g/mol. The van der Waals surface area contributed by atoms with Crippen LogP contribution >= 0.6 is 0 Å². The Morgan fingerprint density at radius 1 is 0.339 bits per heavy atom. The average Bonchev–Trinajstić information content (AvgIpc) is 3.30. The van der Waals surface area contributed by atoms with Gasteiger partial charge in [-0.3, -0.25) is 0 Å². The Bertz CT molecular complexity index is 2750. The summed E-state index contributed by atoms with van der Waals surface area (Å²) >= 11 is 0. The summed E-state index contributed by atoms with van der Waals surface area (Å²) in [5.74, 6) is 13.5. The van der Waals surface area contributed by atoms with Crippen LogP contribution in [0.25, 0.3) is 22.3 Å². The largest absolute Gasteiger partial charge is 0.364 e. The highest BCUT2D eigenvalue weighted by molar-refractivity contribution is 5.62. The first-order valence-corrected chi connectivity index (χ1v) is 20.4. The molecule has 8 nitrogen and oxygen atoms in total. The van der Waals surface area contributed by atoms with Crippen LogP contribution in [0.15, 0.2) is 183 Å². The molecule has 62 heavy (non-hydrogen) atoms. The van der Waals surface area contributed by atoms with Gasteiger partial charge in [0.2, 0.25) is 0 Å². The van der Waals surface area contributed by atoms with E-state index in [4.69, 9.17) is 0 Å². The third kappa shape index (κ3) is 9.57. The van der Waals surface area contributed by atoms with Gasteiger partial charge in [-0.2, -0.15) is 0 Å². The molecule has 0 fully saturated rings. The Labute approximate surface area is 360 Å². The maximum atomic E-state index is 9.64. The molecule has 0 aliphatic carbocycles. The van der Waals surface area contributed by atoms with Gasteiger partial charge >= 0.3 is 0 Å². The molecule has 0 saturated heterocycles. The molecule has 0 unspecified atom stereocenters. The second kappa shape index (κ2) is 18.0. The molecule has 8 aromatic rings. The molecule has 20 heterocycles. The normalized spacial score (nSPS) is 12.0. The summed E-state index contributed by atoms with van der Waals surface area (Å²) in [7, 11) is 0. The maximum Gasteiger partial charge on any atom is 0.178 e. The van der Waals surface area contributed by atoms with Crippen LogP contribution in [0.3, 0.4) is 0 Å². The van der Waals surface area contributed by atoms with Crippen LogP contribution in [0.4, 0.5) is 0 Å². The molecule has 0 amide bonds. The molecule has 16 aliphatic heterocycles. The number of hydrogen-bond donors (Lipinski definition) is 4. The fourth-order valence-electron chi connectivity index (χ4n) is 7.53. The van der Waals surface area contributed by atoms with Crippen molar-refractivity contribution in [3.8, 4) is 45.9 Å². The van der Waals surface area contributed by atoms with Crippen molar-refractivity contribution in [2.24, 2.45) is 0 Å². The summed E-state index contributed by atoms with van der Waals surface area (Å²) in [4.78, 5) is 0. The minimum absolute atomic E-state index is 0.400. The van der Waals surface area contributed by atoms with E-state index in [-0.39, 0.29) is 0 Å². The van der Waals surface area contributed by atoms with Crippen molar-refractivity contribution < 1.29 is 38.7 Å². The molecule has 8 heteroatoms. The Balaban J connectivity index is 1.14. The molecule has 300 valence electrons.